The highest BCUT2D eigenvalue weighted by Gasteiger charge is 2.12. The van der Waals surface area contributed by atoms with Crippen molar-refractivity contribution >= 4 is 11.0 Å². The van der Waals surface area contributed by atoms with Crippen molar-refractivity contribution in [2.75, 3.05) is 6.54 Å². The van der Waals surface area contributed by atoms with E-state index < -0.39 is 0 Å². The van der Waals surface area contributed by atoms with Crippen LogP contribution in [0.4, 0.5) is 4.39 Å². The lowest BCUT2D eigenvalue weighted by Crippen LogP contribution is -2.18. The molecule has 2 nitrogen and oxygen atoms in total. The fourth-order valence-corrected chi connectivity index (χ4v) is 1.93. The largest absolute Gasteiger partial charge is 0.464 e. The summed E-state index contributed by atoms with van der Waals surface area (Å²) in [5.74, 6) is 0.375. The van der Waals surface area contributed by atoms with Crippen molar-refractivity contribution in [1.29, 1.82) is 0 Å². The Labute approximate surface area is 101 Å². The third-order valence-corrected chi connectivity index (χ3v) is 2.81. The van der Waals surface area contributed by atoms with E-state index in [1.54, 1.807) is 12.3 Å². The number of benzene rings is 1. The van der Waals surface area contributed by atoms with Crippen molar-refractivity contribution in [2.24, 2.45) is 5.92 Å². The predicted molar refractivity (Wildman–Crippen MR) is 67.5 cm³/mol. The molecule has 92 valence electrons. The smallest absolute Gasteiger partial charge is 0.140 e. The van der Waals surface area contributed by atoms with Crippen LogP contribution in [-0.2, 0) is 6.54 Å². The Morgan fingerprint density at radius 2 is 2.12 bits per heavy atom. The number of rotatable bonds is 4. The summed E-state index contributed by atoms with van der Waals surface area (Å²) in [5.41, 5.74) is 2.52. The minimum Gasteiger partial charge on any atom is -0.464 e. The minimum atomic E-state index is -0.208. The molecule has 1 N–H and O–H groups in total. The van der Waals surface area contributed by atoms with Crippen LogP contribution in [0.3, 0.4) is 0 Å². The van der Waals surface area contributed by atoms with E-state index in [4.69, 9.17) is 4.42 Å². The van der Waals surface area contributed by atoms with Crippen LogP contribution in [0.1, 0.15) is 25.0 Å². The van der Waals surface area contributed by atoms with Gasteiger partial charge in [0.2, 0.25) is 0 Å². The van der Waals surface area contributed by atoms with E-state index in [2.05, 4.69) is 19.2 Å². The summed E-state index contributed by atoms with van der Waals surface area (Å²) in [6.45, 7) is 7.78. The number of nitrogens with one attached hydrogen (secondary N) is 1. The highest BCUT2D eigenvalue weighted by atomic mass is 19.1. The van der Waals surface area contributed by atoms with E-state index in [9.17, 15) is 4.39 Å². The monoisotopic (exact) mass is 235 g/mol. The average molecular weight is 235 g/mol. The summed E-state index contributed by atoms with van der Waals surface area (Å²) < 4.78 is 19.2. The van der Waals surface area contributed by atoms with Crippen LogP contribution in [-0.4, -0.2) is 6.54 Å². The maximum atomic E-state index is 13.8. The first-order chi connectivity index (χ1) is 8.09. The van der Waals surface area contributed by atoms with Crippen molar-refractivity contribution in [1.82, 2.24) is 5.32 Å². The Morgan fingerprint density at radius 3 is 2.82 bits per heavy atom. The Bertz CT molecular complexity index is 516. The quantitative estimate of drug-likeness (QED) is 0.875. The topological polar surface area (TPSA) is 25.2 Å². The second-order valence-electron chi connectivity index (χ2n) is 4.85. The first-order valence-corrected chi connectivity index (χ1v) is 5.95. The molecular weight excluding hydrogens is 217 g/mol. The average Bonchev–Trinajstić information content (AvgIpc) is 2.68. The van der Waals surface area contributed by atoms with Crippen LogP contribution < -0.4 is 5.32 Å². The van der Waals surface area contributed by atoms with Crippen LogP contribution in [0.2, 0.25) is 0 Å². The van der Waals surface area contributed by atoms with Gasteiger partial charge in [0.1, 0.15) is 11.4 Å². The molecular formula is C14H18FNO. The molecule has 0 amide bonds. The highest BCUT2D eigenvalue weighted by molar-refractivity contribution is 5.84. The third kappa shape index (κ3) is 2.50. The van der Waals surface area contributed by atoms with Gasteiger partial charge >= 0.3 is 0 Å². The van der Waals surface area contributed by atoms with Gasteiger partial charge in [-0.2, -0.15) is 0 Å². The van der Waals surface area contributed by atoms with Crippen LogP contribution in [0.5, 0.6) is 0 Å². The summed E-state index contributed by atoms with van der Waals surface area (Å²) in [4.78, 5) is 0. The molecule has 0 saturated heterocycles. The molecule has 0 unspecified atom stereocenters. The summed E-state index contributed by atoms with van der Waals surface area (Å²) >= 11 is 0. The number of halogens is 1. The summed E-state index contributed by atoms with van der Waals surface area (Å²) in [7, 11) is 0. The van der Waals surface area contributed by atoms with Crippen LogP contribution in [0.25, 0.3) is 11.0 Å². The molecule has 2 aromatic rings. The van der Waals surface area contributed by atoms with E-state index >= 15 is 0 Å². The van der Waals surface area contributed by atoms with Crippen molar-refractivity contribution in [3.63, 3.8) is 0 Å². The molecule has 0 aliphatic carbocycles. The molecule has 2 rings (SSSR count). The van der Waals surface area contributed by atoms with Gasteiger partial charge in [-0.3, -0.25) is 0 Å². The molecule has 0 fully saturated rings. The molecule has 17 heavy (non-hydrogen) atoms. The van der Waals surface area contributed by atoms with Crippen molar-refractivity contribution in [3.8, 4) is 0 Å². The maximum Gasteiger partial charge on any atom is 0.140 e. The minimum absolute atomic E-state index is 0.208. The molecule has 1 aromatic carbocycles. The Morgan fingerprint density at radius 1 is 1.35 bits per heavy atom. The molecule has 0 aliphatic rings. The molecule has 0 spiro atoms. The van der Waals surface area contributed by atoms with Gasteiger partial charge < -0.3 is 9.73 Å². The van der Waals surface area contributed by atoms with Gasteiger partial charge in [-0.15, -0.1) is 0 Å². The Hall–Kier alpha value is -1.35. The number of furan rings is 1. The summed E-state index contributed by atoms with van der Waals surface area (Å²) in [5, 5.41) is 3.91. The third-order valence-electron chi connectivity index (χ3n) is 2.81. The zero-order valence-corrected chi connectivity index (χ0v) is 10.5. The van der Waals surface area contributed by atoms with Crippen LogP contribution >= 0.6 is 0 Å². The van der Waals surface area contributed by atoms with Gasteiger partial charge in [-0.1, -0.05) is 19.9 Å². The van der Waals surface area contributed by atoms with Gasteiger partial charge in [0.05, 0.1) is 11.6 Å². The predicted octanol–water partition coefficient (Wildman–Crippen LogP) is 3.63. The Balaban J connectivity index is 2.26. The fourth-order valence-electron chi connectivity index (χ4n) is 1.93. The molecule has 3 heteroatoms. The standard InChI is InChI=1S/C14H18FNO/c1-9(2)6-16-7-11-8-17-14-10(3)4-5-12(15)13(11)14/h4-5,8-9,16H,6-7H2,1-3H3. The van der Waals surface area contributed by atoms with Crippen LogP contribution in [0, 0.1) is 18.7 Å². The highest BCUT2D eigenvalue weighted by Crippen LogP contribution is 2.26. The van der Waals surface area contributed by atoms with E-state index in [0.717, 1.165) is 17.7 Å². The molecule has 1 heterocycles. The fraction of sp³-hybridized carbons (Fsp3) is 0.429. The van der Waals surface area contributed by atoms with Gasteiger partial charge in [-0.05, 0) is 31.0 Å². The van der Waals surface area contributed by atoms with Crippen molar-refractivity contribution < 1.29 is 8.81 Å². The lowest BCUT2D eigenvalue weighted by atomic mass is 10.1. The van der Waals surface area contributed by atoms with E-state index in [1.807, 2.05) is 6.92 Å². The Kier molecular flexibility index (Phi) is 3.48. The first kappa shape index (κ1) is 12.1. The maximum absolute atomic E-state index is 13.8. The number of hydrogen-bond acceptors (Lipinski definition) is 2. The lowest BCUT2D eigenvalue weighted by Gasteiger charge is -2.06. The molecule has 0 aliphatic heterocycles. The summed E-state index contributed by atoms with van der Waals surface area (Å²) in [6.07, 6.45) is 1.65. The van der Waals surface area contributed by atoms with Crippen molar-refractivity contribution in [3.05, 3.63) is 35.3 Å². The normalized spacial score (nSPS) is 11.6. The van der Waals surface area contributed by atoms with Gasteiger partial charge in [0, 0.05) is 12.1 Å². The first-order valence-electron chi connectivity index (χ1n) is 5.95. The SMILES string of the molecule is Cc1ccc(F)c2c(CNCC(C)C)coc12. The van der Waals surface area contributed by atoms with E-state index in [0.29, 0.717) is 23.4 Å². The number of fused-ring (bicyclic) bond motifs is 1. The number of aryl methyl sites for hydroxylation is 1. The molecule has 1 aromatic heterocycles. The second-order valence-corrected chi connectivity index (χ2v) is 4.85. The van der Waals surface area contributed by atoms with Gasteiger partial charge in [0.25, 0.3) is 0 Å². The molecule has 0 atom stereocenters. The zero-order valence-electron chi connectivity index (χ0n) is 10.5. The second kappa shape index (κ2) is 4.88. The van der Waals surface area contributed by atoms with Crippen molar-refractivity contribution in [2.45, 2.75) is 27.3 Å². The van der Waals surface area contributed by atoms with Gasteiger partial charge in [-0.25, -0.2) is 4.39 Å². The molecule has 0 bridgehead atoms. The number of hydrogen-bond donors (Lipinski definition) is 1. The van der Waals surface area contributed by atoms with E-state index in [-0.39, 0.29) is 5.82 Å². The van der Waals surface area contributed by atoms with Crippen LogP contribution in [0.15, 0.2) is 22.8 Å². The summed E-state index contributed by atoms with van der Waals surface area (Å²) in [6, 6.07) is 3.24. The molecule has 0 radical (unpaired) electrons. The molecule has 0 saturated carbocycles. The zero-order chi connectivity index (χ0) is 12.4. The van der Waals surface area contributed by atoms with Gasteiger partial charge in [0.15, 0.2) is 0 Å². The lowest BCUT2D eigenvalue weighted by molar-refractivity contribution is 0.546. The van der Waals surface area contributed by atoms with E-state index in [1.165, 1.54) is 6.07 Å².